The minimum atomic E-state index is -5.00. The number of nitrogens with one attached hydrogen (secondary N) is 1. The van der Waals surface area contributed by atoms with E-state index in [2.05, 4.69) is 15.5 Å². The monoisotopic (exact) mass is 451 g/mol. The van der Waals surface area contributed by atoms with Gasteiger partial charge in [-0.15, -0.1) is 11.3 Å². The molecule has 1 aromatic heterocycles. The average molecular weight is 451 g/mol. The molecule has 13 nitrogen and oxygen atoms in total. The van der Waals surface area contributed by atoms with Crippen molar-refractivity contribution >= 4 is 50.3 Å². The first kappa shape index (κ1) is 20.9. The Labute approximate surface area is 166 Å². The van der Waals surface area contributed by atoms with Crippen molar-refractivity contribution in [1.29, 1.82) is 0 Å². The van der Waals surface area contributed by atoms with E-state index >= 15 is 0 Å². The molecule has 0 radical (unpaired) electrons. The van der Waals surface area contributed by atoms with Crippen molar-refractivity contribution in [3.05, 3.63) is 11.1 Å². The Kier molecular flexibility index (Phi) is 5.18. The van der Waals surface area contributed by atoms with Gasteiger partial charge in [0.15, 0.2) is 10.8 Å². The predicted molar refractivity (Wildman–Crippen MR) is 93.8 cm³/mol. The van der Waals surface area contributed by atoms with Crippen LogP contribution in [0.25, 0.3) is 0 Å². The lowest BCUT2D eigenvalue weighted by Gasteiger charge is -2.42. The Bertz CT molecular complexity index is 1000. The Morgan fingerprint density at radius 1 is 1.52 bits per heavy atom. The first-order chi connectivity index (χ1) is 13.5. The summed E-state index contributed by atoms with van der Waals surface area (Å²) in [4.78, 5) is 44.5. The molecule has 0 spiro atoms. The van der Waals surface area contributed by atoms with Crippen molar-refractivity contribution in [2.24, 2.45) is 5.16 Å². The molecule has 1 saturated carbocycles. The van der Waals surface area contributed by atoms with Gasteiger partial charge in [-0.05, 0) is 0 Å². The first-order valence-electron chi connectivity index (χ1n) is 7.88. The van der Waals surface area contributed by atoms with E-state index in [0.717, 1.165) is 11.3 Å². The molecule has 1 saturated heterocycles. The van der Waals surface area contributed by atoms with Gasteiger partial charge < -0.3 is 21.0 Å². The zero-order valence-electron chi connectivity index (χ0n) is 14.3. The highest BCUT2D eigenvalue weighted by atomic mass is 32.2. The van der Waals surface area contributed by atoms with E-state index in [1.54, 1.807) is 0 Å². The van der Waals surface area contributed by atoms with Gasteiger partial charge in [0.2, 0.25) is 5.60 Å². The predicted octanol–water partition coefficient (Wildman–Crippen LogP) is -1.47. The fraction of sp³-hybridized carbons (Fsp3) is 0.462. The summed E-state index contributed by atoms with van der Waals surface area (Å²) in [7, 11) is -5.00. The van der Waals surface area contributed by atoms with Crippen LogP contribution in [0.15, 0.2) is 10.5 Å². The highest BCUT2D eigenvalue weighted by Crippen LogP contribution is 2.40. The number of oxime groups is 1. The molecule has 5 N–H and O–H groups in total. The van der Waals surface area contributed by atoms with Crippen LogP contribution in [-0.4, -0.2) is 75.2 Å². The number of carboxylic acids is 1. The van der Waals surface area contributed by atoms with Gasteiger partial charge in [0, 0.05) is 18.2 Å². The number of carbonyl (C=O) groups excluding carboxylic acids is 2. The third-order valence-corrected chi connectivity index (χ3v) is 5.87. The molecule has 2 atom stereocenters. The van der Waals surface area contributed by atoms with Crippen LogP contribution in [0, 0.1) is 0 Å². The Balaban J connectivity index is 1.82. The number of aromatic nitrogens is 1. The van der Waals surface area contributed by atoms with Crippen LogP contribution in [0.5, 0.6) is 0 Å². The van der Waals surface area contributed by atoms with Crippen molar-refractivity contribution in [2.45, 2.75) is 30.5 Å². The van der Waals surface area contributed by atoms with Crippen LogP contribution in [0.3, 0.4) is 0 Å². The van der Waals surface area contributed by atoms with Gasteiger partial charge in [0.1, 0.15) is 24.5 Å². The summed E-state index contributed by atoms with van der Waals surface area (Å²) in [5.41, 5.74) is 3.29. The quantitative estimate of drug-likeness (QED) is 0.156. The zero-order valence-corrected chi connectivity index (χ0v) is 15.9. The summed E-state index contributed by atoms with van der Waals surface area (Å²) in [6, 6.07) is -3.26. The normalized spacial score (nSPS) is 23.3. The lowest BCUT2D eigenvalue weighted by Crippen LogP contribution is -2.73. The number of thiazole rings is 1. The number of carboxylic acid groups (broad SMARTS) is 1. The number of hydrogen-bond acceptors (Lipinski definition) is 10. The number of carbonyl (C=O) groups is 3. The number of β-lactam (4-membered cyclic amide) rings is 1. The highest BCUT2D eigenvalue weighted by Gasteiger charge is 2.56. The Morgan fingerprint density at radius 3 is 2.62 bits per heavy atom. The number of amides is 2. The molecule has 1 aromatic rings. The molecule has 2 fully saturated rings. The molecule has 29 heavy (non-hydrogen) atoms. The van der Waals surface area contributed by atoms with Gasteiger partial charge in [0.05, 0.1) is 0 Å². The molecule has 0 bridgehead atoms. The number of anilines is 1. The van der Waals surface area contributed by atoms with Crippen molar-refractivity contribution in [3.63, 3.8) is 0 Å². The summed E-state index contributed by atoms with van der Waals surface area (Å²) in [5.74, 6) is -3.65. The highest BCUT2D eigenvalue weighted by molar-refractivity contribution is 7.84. The smallest absolute Gasteiger partial charge is 0.362 e. The summed E-state index contributed by atoms with van der Waals surface area (Å²) >= 11 is 0.940. The van der Waals surface area contributed by atoms with Crippen LogP contribution in [-0.2, 0) is 29.5 Å². The summed E-state index contributed by atoms with van der Waals surface area (Å²) in [6.45, 7) is -1.37. The summed E-state index contributed by atoms with van der Waals surface area (Å²) in [6.07, 6.45) is 0.322. The molecule has 2 heterocycles. The van der Waals surface area contributed by atoms with Crippen LogP contribution in [0.2, 0.25) is 0 Å². The second-order valence-corrected chi connectivity index (χ2v) is 8.36. The summed E-state index contributed by atoms with van der Waals surface area (Å²) in [5, 5.41) is 16.1. The number of rotatable bonds is 8. The van der Waals surface area contributed by atoms with Crippen molar-refractivity contribution in [1.82, 2.24) is 14.6 Å². The zero-order chi connectivity index (χ0) is 21.6. The standard InChI is InChI=1S/C13H14FN5O8S2/c14-3-6-8(10(21)19(6)29(24,25)26)17-9(20)7(5-4-28-12(15)16-5)18-27-13(1-2-13)11(22)23/h4,6,8H,1-3H2,(H2,15,16)(H,17,20)(H,22,23)(H,24,25,26)/b18-7-/t6-,8-/m1/s1. The second-order valence-electron chi connectivity index (χ2n) is 6.19. The topological polar surface area (TPSA) is 202 Å². The number of nitrogen functional groups attached to an aromatic ring is 1. The third kappa shape index (κ3) is 3.85. The minimum Gasteiger partial charge on any atom is -0.478 e. The van der Waals surface area contributed by atoms with E-state index in [1.807, 2.05) is 0 Å². The van der Waals surface area contributed by atoms with E-state index in [4.69, 9.17) is 20.2 Å². The van der Waals surface area contributed by atoms with Crippen LogP contribution < -0.4 is 11.1 Å². The largest absolute Gasteiger partial charge is 0.478 e. The molecular formula is C13H14FN5O8S2. The van der Waals surface area contributed by atoms with E-state index in [1.165, 1.54) is 5.38 Å². The Morgan fingerprint density at radius 2 is 2.17 bits per heavy atom. The lowest BCUT2D eigenvalue weighted by molar-refractivity contribution is -0.153. The van der Waals surface area contributed by atoms with Crippen molar-refractivity contribution in [3.8, 4) is 0 Å². The van der Waals surface area contributed by atoms with Crippen LogP contribution in [0.1, 0.15) is 18.5 Å². The van der Waals surface area contributed by atoms with Crippen molar-refractivity contribution < 1.29 is 41.7 Å². The molecule has 0 unspecified atom stereocenters. The molecular weight excluding hydrogens is 437 g/mol. The molecule has 158 valence electrons. The van der Waals surface area contributed by atoms with E-state index in [-0.39, 0.29) is 28.0 Å². The van der Waals surface area contributed by atoms with Crippen LogP contribution >= 0.6 is 11.3 Å². The van der Waals surface area contributed by atoms with E-state index in [9.17, 15) is 27.2 Å². The van der Waals surface area contributed by atoms with Gasteiger partial charge >= 0.3 is 16.3 Å². The average Bonchev–Trinajstić information content (AvgIpc) is 3.31. The SMILES string of the molecule is Nc1nc(/C(=N/OC2(C(=O)O)CC2)C(=O)N[C@H]2C(=O)N(S(=O)(=O)O)[C@@H]2CF)cs1. The number of aliphatic carboxylic acids is 1. The molecule has 2 aliphatic rings. The number of halogens is 1. The number of hydrogen-bond donors (Lipinski definition) is 4. The number of nitrogens with zero attached hydrogens (tertiary/aromatic N) is 3. The maximum absolute atomic E-state index is 13.2. The van der Waals surface area contributed by atoms with Crippen LogP contribution in [0.4, 0.5) is 9.52 Å². The molecule has 16 heteroatoms. The third-order valence-electron chi connectivity index (χ3n) is 4.25. The maximum Gasteiger partial charge on any atom is 0.362 e. The molecule has 0 aromatic carbocycles. The maximum atomic E-state index is 13.2. The van der Waals surface area contributed by atoms with Gasteiger partial charge in [0.25, 0.3) is 11.8 Å². The summed E-state index contributed by atoms with van der Waals surface area (Å²) < 4.78 is 44.3. The fourth-order valence-electron chi connectivity index (χ4n) is 2.51. The molecule has 1 aliphatic heterocycles. The van der Waals surface area contributed by atoms with E-state index in [0.29, 0.717) is 0 Å². The number of alkyl halides is 1. The van der Waals surface area contributed by atoms with Crippen molar-refractivity contribution in [2.75, 3.05) is 12.4 Å². The number of nitrogens with two attached hydrogens (primary N) is 1. The first-order valence-corrected chi connectivity index (χ1v) is 10.2. The lowest BCUT2D eigenvalue weighted by atomic mass is 10.00. The fourth-order valence-corrected chi connectivity index (χ4v) is 3.92. The Hall–Kier alpha value is -2.85. The van der Waals surface area contributed by atoms with Gasteiger partial charge in [-0.2, -0.15) is 8.42 Å². The molecule has 2 amide bonds. The molecule has 1 aliphatic carbocycles. The minimum absolute atomic E-state index is 0.0544. The van der Waals surface area contributed by atoms with Gasteiger partial charge in [-0.25, -0.2) is 18.5 Å². The van der Waals surface area contributed by atoms with Gasteiger partial charge in [-0.3, -0.25) is 14.1 Å². The van der Waals surface area contributed by atoms with Gasteiger partial charge in [-0.1, -0.05) is 5.16 Å². The second kappa shape index (κ2) is 7.20. The molecule has 3 rings (SSSR count). The van der Waals surface area contributed by atoms with E-state index < -0.39 is 58.2 Å².